The highest BCUT2D eigenvalue weighted by Crippen LogP contribution is 2.36. The van der Waals surface area contributed by atoms with Crippen LogP contribution in [-0.4, -0.2) is 75.2 Å². The van der Waals surface area contributed by atoms with Gasteiger partial charge in [-0.2, -0.15) is 0 Å². The molecule has 2 aliphatic rings. The Balaban J connectivity index is 1.33. The number of halogens is 2. The lowest BCUT2D eigenvalue weighted by atomic mass is 9.93. The second-order valence-electron chi connectivity index (χ2n) is 10.9. The molecular weight excluding hydrogens is 579 g/mol. The van der Waals surface area contributed by atoms with Crippen molar-refractivity contribution in [2.45, 2.75) is 37.9 Å². The van der Waals surface area contributed by atoms with Crippen molar-refractivity contribution >= 4 is 44.8 Å². The van der Waals surface area contributed by atoms with E-state index < -0.39 is 10.0 Å². The summed E-state index contributed by atoms with van der Waals surface area (Å²) in [6.07, 6.45) is 3.43. The standard InChI is InChI=1S/C31H36Cl2N4O3S/c1-3-35-17-5-8-28(35)19-34-31(38)24-6-4-7-27(18-24)37(41(2,39)40)29-20-36(21-29)30(22-9-13-25(32)14-10-22)23-11-15-26(33)16-12-23/h4,6-7,9-16,18,28-30H,3,5,8,17,19-21H2,1-2H3,(H,34,38). The molecule has 2 fully saturated rings. The summed E-state index contributed by atoms with van der Waals surface area (Å²) in [7, 11) is -3.61. The van der Waals surface area contributed by atoms with Gasteiger partial charge in [-0.3, -0.25) is 18.9 Å². The number of nitrogens with one attached hydrogen (secondary N) is 1. The van der Waals surface area contributed by atoms with Gasteiger partial charge in [0.15, 0.2) is 0 Å². The van der Waals surface area contributed by atoms with Crippen LogP contribution in [0.3, 0.4) is 0 Å². The molecule has 2 heterocycles. The van der Waals surface area contributed by atoms with E-state index in [1.54, 1.807) is 24.3 Å². The first-order valence-corrected chi connectivity index (χ1v) is 16.6. The molecule has 7 nitrogen and oxygen atoms in total. The SMILES string of the molecule is CCN1CCCC1CNC(=O)c1cccc(N(C2CN(C(c3ccc(Cl)cc3)c3ccc(Cl)cc3)C2)S(C)(=O)=O)c1. The molecule has 3 aromatic rings. The predicted molar refractivity (Wildman–Crippen MR) is 166 cm³/mol. The Kier molecular flexibility index (Phi) is 9.26. The fourth-order valence-corrected chi connectivity index (χ4v) is 7.49. The van der Waals surface area contributed by atoms with Gasteiger partial charge in [0.05, 0.1) is 24.0 Å². The molecule has 0 aromatic heterocycles. The monoisotopic (exact) mass is 614 g/mol. The van der Waals surface area contributed by atoms with E-state index in [0.29, 0.717) is 47.0 Å². The largest absolute Gasteiger partial charge is 0.350 e. The first-order valence-electron chi connectivity index (χ1n) is 14.0. The summed E-state index contributed by atoms with van der Waals surface area (Å²) >= 11 is 12.3. The number of hydrogen-bond donors (Lipinski definition) is 1. The lowest BCUT2D eigenvalue weighted by Crippen LogP contribution is -2.61. The van der Waals surface area contributed by atoms with Crippen molar-refractivity contribution in [1.82, 2.24) is 15.1 Å². The van der Waals surface area contributed by atoms with Crippen LogP contribution < -0.4 is 9.62 Å². The van der Waals surface area contributed by atoms with Crippen molar-refractivity contribution < 1.29 is 13.2 Å². The summed E-state index contributed by atoms with van der Waals surface area (Å²) in [5, 5.41) is 4.37. The lowest BCUT2D eigenvalue weighted by Gasteiger charge is -2.48. The minimum Gasteiger partial charge on any atom is -0.350 e. The Labute approximate surface area is 253 Å². The normalized spacial score (nSPS) is 18.4. The van der Waals surface area contributed by atoms with Crippen molar-refractivity contribution in [3.05, 3.63) is 99.5 Å². The maximum Gasteiger partial charge on any atom is 0.251 e. The van der Waals surface area contributed by atoms with Crippen LogP contribution in [0.5, 0.6) is 0 Å². The van der Waals surface area contributed by atoms with Crippen LogP contribution >= 0.6 is 23.2 Å². The molecule has 5 rings (SSSR count). The number of amides is 1. The van der Waals surface area contributed by atoms with Crippen LogP contribution in [0.1, 0.15) is 47.3 Å². The molecule has 0 bridgehead atoms. The second-order valence-corrected chi connectivity index (χ2v) is 13.6. The molecule has 2 aliphatic heterocycles. The van der Waals surface area contributed by atoms with Crippen LogP contribution in [-0.2, 0) is 10.0 Å². The van der Waals surface area contributed by atoms with Crippen LogP contribution in [0.2, 0.25) is 10.0 Å². The van der Waals surface area contributed by atoms with Crippen molar-refractivity contribution in [2.75, 3.05) is 43.3 Å². The average molecular weight is 616 g/mol. The Morgan fingerprint density at radius 3 is 2.17 bits per heavy atom. The van der Waals surface area contributed by atoms with E-state index in [1.807, 2.05) is 48.5 Å². The van der Waals surface area contributed by atoms with E-state index in [4.69, 9.17) is 23.2 Å². The molecule has 41 heavy (non-hydrogen) atoms. The van der Waals surface area contributed by atoms with Crippen molar-refractivity contribution in [3.63, 3.8) is 0 Å². The summed E-state index contributed by atoms with van der Waals surface area (Å²) in [4.78, 5) is 17.7. The zero-order valence-electron chi connectivity index (χ0n) is 23.3. The van der Waals surface area contributed by atoms with E-state index in [9.17, 15) is 13.2 Å². The molecule has 0 spiro atoms. The van der Waals surface area contributed by atoms with Crippen molar-refractivity contribution in [2.24, 2.45) is 0 Å². The highest BCUT2D eigenvalue weighted by Gasteiger charge is 2.41. The third kappa shape index (κ3) is 6.89. The molecular formula is C31H36Cl2N4O3S. The molecule has 3 aromatic carbocycles. The second kappa shape index (κ2) is 12.7. The van der Waals surface area contributed by atoms with E-state index in [1.165, 1.54) is 10.6 Å². The number of rotatable bonds is 10. The number of benzene rings is 3. The van der Waals surface area contributed by atoms with Gasteiger partial charge in [0.2, 0.25) is 10.0 Å². The third-order valence-electron chi connectivity index (χ3n) is 8.08. The smallest absolute Gasteiger partial charge is 0.251 e. The number of hydrogen-bond acceptors (Lipinski definition) is 5. The molecule has 0 saturated carbocycles. The minimum atomic E-state index is -3.61. The molecule has 2 saturated heterocycles. The van der Waals surface area contributed by atoms with Crippen LogP contribution in [0, 0.1) is 0 Å². The lowest BCUT2D eigenvalue weighted by molar-refractivity contribution is 0.0941. The van der Waals surface area contributed by atoms with Gasteiger partial charge < -0.3 is 5.32 Å². The molecule has 1 unspecified atom stereocenters. The Hall–Kier alpha value is -2.62. The maximum atomic E-state index is 13.1. The Morgan fingerprint density at radius 1 is 1.00 bits per heavy atom. The van der Waals surface area contributed by atoms with Gasteiger partial charge in [0.25, 0.3) is 5.91 Å². The van der Waals surface area contributed by atoms with Gasteiger partial charge in [-0.25, -0.2) is 8.42 Å². The summed E-state index contributed by atoms with van der Waals surface area (Å²) in [5.74, 6) is -0.191. The summed E-state index contributed by atoms with van der Waals surface area (Å²) in [6, 6.07) is 22.3. The van der Waals surface area contributed by atoms with Crippen LogP contribution in [0.4, 0.5) is 5.69 Å². The molecule has 0 radical (unpaired) electrons. The predicted octanol–water partition coefficient (Wildman–Crippen LogP) is 5.45. The molecule has 0 aliphatic carbocycles. The maximum absolute atomic E-state index is 13.1. The van der Waals surface area contributed by atoms with E-state index in [-0.39, 0.29) is 18.0 Å². The van der Waals surface area contributed by atoms with Gasteiger partial charge in [0.1, 0.15) is 0 Å². The molecule has 218 valence electrons. The minimum absolute atomic E-state index is 0.0856. The topological polar surface area (TPSA) is 73.0 Å². The van der Waals surface area contributed by atoms with Crippen LogP contribution in [0.25, 0.3) is 0 Å². The first-order chi connectivity index (χ1) is 19.6. The van der Waals surface area contributed by atoms with Crippen LogP contribution in [0.15, 0.2) is 72.8 Å². The average Bonchev–Trinajstić information content (AvgIpc) is 3.39. The highest BCUT2D eigenvalue weighted by atomic mass is 35.5. The highest BCUT2D eigenvalue weighted by molar-refractivity contribution is 7.92. The van der Waals surface area contributed by atoms with Gasteiger partial charge in [-0.1, -0.05) is 60.5 Å². The van der Waals surface area contributed by atoms with Gasteiger partial charge in [0, 0.05) is 41.3 Å². The molecule has 1 N–H and O–H groups in total. The Bertz CT molecular complexity index is 1420. The molecule has 1 amide bonds. The van der Waals surface area contributed by atoms with Gasteiger partial charge >= 0.3 is 0 Å². The van der Waals surface area contributed by atoms with Crippen molar-refractivity contribution in [3.8, 4) is 0 Å². The number of likely N-dealkylation sites (N-methyl/N-ethyl adjacent to an activating group) is 1. The van der Waals surface area contributed by atoms with Gasteiger partial charge in [-0.05, 0) is 79.5 Å². The molecule has 10 heteroatoms. The summed E-state index contributed by atoms with van der Waals surface area (Å²) < 4.78 is 27.6. The number of carbonyl (C=O) groups excluding carboxylic acids is 1. The number of nitrogens with zero attached hydrogens (tertiary/aromatic N) is 3. The summed E-state index contributed by atoms with van der Waals surface area (Å²) in [6.45, 7) is 5.79. The molecule has 1 atom stereocenters. The third-order valence-corrected chi connectivity index (χ3v) is 9.81. The number of carbonyl (C=O) groups is 1. The first kappa shape index (κ1) is 29.9. The zero-order valence-corrected chi connectivity index (χ0v) is 25.7. The Morgan fingerprint density at radius 2 is 1.61 bits per heavy atom. The van der Waals surface area contributed by atoms with Crippen molar-refractivity contribution in [1.29, 1.82) is 0 Å². The van der Waals surface area contributed by atoms with Gasteiger partial charge in [-0.15, -0.1) is 0 Å². The number of likely N-dealkylation sites (tertiary alicyclic amines) is 2. The summed E-state index contributed by atoms with van der Waals surface area (Å²) in [5.41, 5.74) is 3.07. The van der Waals surface area contributed by atoms with E-state index in [2.05, 4.69) is 22.0 Å². The number of anilines is 1. The van der Waals surface area contributed by atoms with E-state index >= 15 is 0 Å². The zero-order chi connectivity index (χ0) is 29.1. The fourth-order valence-electron chi connectivity index (χ4n) is 6.06. The fraction of sp³-hybridized carbons (Fsp3) is 0.387. The number of sulfonamides is 1. The quantitative estimate of drug-likeness (QED) is 0.329. The van der Waals surface area contributed by atoms with E-state index in [0.717, 1.165) is 37.1 Å².